The molecule has 0 bridgehead atoms. The third-order valence-electron chi connectivity index (χ3n) is 9.39. The van der Waals surface area contributed by atoms with Crippen molar-refractivity contribution in [3.63, 3.8) is 0 Å². The minimum atomic E-state index is -4.95. The van der Waals surface area contributed by atoms with E-state index >= 15 is 4.39 Å². The van der Waals surface area contributed by atoms with Crippen LogP contribution in [0.5, 0.6) is 0 Å². The van der Waals surface area contributed by atoms with Crippen LogP contribution in [-0.2, 0) is 6.18 Å². The molecule has 2 heterocycles. The van der Waals surface area contributed by atoms with Crippen molar-refractivity contribution < 1.29 is 27.2 Å². The highest BCUT2D eigenvalue weighted by Crippen LogP contribution is 2.37. The zero-order chi connectivity index (χ0) is 33.3. The first kappa shape index (κ1) is 33.2. The van der Waals surface area contributed by atoms with Gasteiger partial charge in [-0.3, -0.25) is 19.3 Å². The molecule has 1 saturated heterocycles. The summed E-state index contributed by atoms with van der Waals surface area (Å²) in [5.41, 5.74) is -1.65. The monoisotopic (exact) mass is 641 g/mol. The van der Waals surface area contributed by atoms with Crippen LogP contribution in [-0.4, -0.2) is 71.9 Å². The second kappa shape index (κ2) is 13.3. The van der Waals surface area contributed by atoms with Crippen LogP contribution in [0.4, 0.5) is 28.9 Å². The van der Waals surface area contributed by atoms with Gasteiger partial charge in [-0.15, -0.1) is 0 Å². The average Bonchev–Trinajstić information content (AvgIpc) is 3.02. The largest absolute Gasteiger partial charge is 0.417 e. The summed E-state index contributed by atoms with van der Waals surface area (Å²) in [4.78, 5) is 46.6. The Morgan fingerprint density at radius 2 is 1.65 bits per heavy atom. The summed E-state index contributed by atoms with van der Waals surface area (Å²) in [6.45, 7) is 5.24. The fraction of sp³-hybridized carbons (Fsp3) is 0.441. The molecule has 2 N–H and O–H groups in total. The van der Waals surface area contributed by atoms with E-state index in [0.29, 0.717) is 36.0 Å². The van der Waals surface area contributed by atoms with E-state index in [1.165, 1.54) is 24.3 Å². The van der Waals surface area contributed by atoms with Gasteiger partial charge >= 0.3 is 6.18 Å². The Hall–Kier alpha value is -4.19. The summed E-state index contributed by atoms with van der Waals surface area (Å²) in [5.74, 6) is -1.91. The maximum atomic E-state index is 15.4. The fourth-order valence-corrected chi connectivity index (χ4v) is 6.48. The highest BCUT2D eigenvalue weighted by Gasteiger charge is 2.36. The lowest BCUT2D eigenvalue weighted by molar-refractivity contribution is -0.138. The van der Waals surface area contributed by atoms with E-state index in [4.69, 9.17) is 0 Å². The molecule has 1 saturated carbocycles. The molecule has 246 valence electrons. The van der Waals surface area contributed by atoms with Gasteiger partial charge in [-0.2, -0.15) is 13.2 Å². The zero-order valence-corrected chi connectivity index (χ0v) is 26.4. The predicted molar refractivity (Wildman–Crippen MR) is 170 cm³/mol. The third-order valence-corrected chi connectivity index (χ3v) is 9.39. The molecule has 1 aliphatic carbocycles. The number of aromatic amines is 1. The third kappa shape index (κ3) is 6.96. The van der Waals surface area contributed by atoms with Gasteiger partial charge in [0.25, 0.3) is 11.8 Å². The Morgan fingerprint density at radius 1 is 0.978 bits per heavy atom. The Bertz CT molecular complexity index is 1660. The van der Waals surface area contributed by atoms with Gasteiger partial charge in [0, 0.05) is 61.7 Å². The van der Waals surface area contributed by atoms with Crippen molar-refractivity contribution in [1.29, 1.82) is 0 Å². The number of likely N-dealkylation sites (N-methyl/N-ethyl adjacent to an activating group) is 1. The number of piperazine rings is 1. The topological polar surface area (TPSA) is 88.7 Å². The van der Waals surface area contributed by atoms with E-state index in [-0.39, 0.29) is 35.3 Å². The number of carbonyl (C=O) groups excluding carboxylic acids is 2. The summed E-state index contributed by atoms with van der Waals surface area (Å²) in [5, 5.41) is 2.61. The molecule has 2 aromatic carbocycles. The van der Waals surface area contributed by atoms with Gasteiger partial charge in [0.2, 0.25) is 5.56 Å². The molecule has 1 aromatic heterocycles. The number of anilines is 2. The van der Waals surface area contributed by atoms with Crippen LogP contribution < -0.4 is 15.8 Å². The number of aromatic nitrogens is 1. The van der Waals surface area contributed by atoms with Crippen LogP contribution >= 0.6 is 0 Å². The number of nitrogens with one attached hydrogen (secondary N) is 2. The normalized spacial score (nSPS) is 19.6. The van der Waals surface area contributed by atoms with Gasteiger partial charge in [-0.25, -0.2) is 4.39 Å². The lowest BCUT2D eigenvalue weighted by Gasteiger charge is -2.44. The minimum Gasteiger partial charge on any atom is -0.367 e. The van der Waals surface area contributed by atoms with E-state index in [1.54, 1.807) is 24.1 Å². The number of nitrogens with zero attached hydrogens (tertiary/aromatic N) is 3. The van der Waals surface area contributed by atoms with Crippen LogP contribution in [0.1, 0.15) is 72.2 Å². The van der Waals surface area contributed by atoms with Crippen molar-refractivity contribution in [3.05, 3.63) is 81.5 Å². The first-order valence-electron chi connectivity index (χ1n) is 15.5. The van der Waals surface area contributed by atoms with E-state index in [1.807, 2.05) is 25.8 Å². The van der Waals surface area contributed by atoms with Crippen molar-refractivity contribution in [2.45, 2.75) is 70.3 Å². The molecule has 0 radical (unpaired) electrons. The lowest BCUT2D eigenvalue weighted by atomic mass is 9.93. The quantitative estimate of drug-likeness (QED) is 0.305. The summed E-state index contributed by atoms with van der Waals surface area (Å²) in [6.07, 6.45) is 0.847. The zero-order valence-electron chi connectivity index (χ0n) is 26.4. The number of carbonyl (C=O) groups is 2. The highest BCUT2D eigenvalue weighted by atomic mass is 19.4. The van der Waals surface area contributed by atoms with Gasteiger partial charge in [-0.1, -0.05) is 25.3 Å². The van der Waals surface area contributed by atoms with Gasteiger partial charge in [0.05, 0.1) is 22.5 Å². The molecule has 1 aliphatic heterocycles. The van der Waals surface area contributed by atoms with Crippen molar-refractivity contribution in [2.24, 2.45) is 0 Å². The summed E-state index contributed by atoms with van der Waals surface area (Å²) in [6, 6.07) is 9.75. The highest BCUT2D eigenvalue weighted by molar-refractivity contribution is 6.07. The number of hydrogen-bond donors (Lipinski definition) is 2. The first-order valence-corrected chi connectivity index (χ1v) is 15.5. The smallest absolute Gasteiger partial charge is 0.367 e. The molecule has 2 fully saturated rings. The SMILES string of the molecule is C[C@@H]1CN(c2ccc(-c3cc(C(=O)N(C)C4CCCCC4)ccc3F)cc2NC(=O)c2c[nH]c(=O)cc2C(F)(F)F)C[C@H](C)N1C. The number of benzene rings is 2. The van der Waals surface area contributed by atoms with Crippen molar-refractivity contribution in [2.75, 3.05) is 37.4 Å². The molecular formula is C34H39F4N5O3. The number of halogens is 4. The molecule has 46 heavy (non-hydrogen) atoms. The van der Waals surface area contributed by atoms with Crippen LogP contribution in [0.15, 0.2) is 53.5 Å². The molecule has 2 atom stereocenters. The van der Waals surface area contributed by atoms with Gasteiger partial charge in [0.15, 0.2) is 0 Å². The predicted octanol–water partition coefficient (Wildman–Crippen LogP) is 6.39. The molecule has 0 unspecified atom stereocenters. The van der Waals surface area contributed by atoms with E-state index < -0.39 is 34.6 Å². The Labute approximate surface area is 265 Å². The minimum absolute atomic E-state index is 0.110. The second-order valence-corrected chi connectivity index (χ2v) is 12.5. The molecule has 8 nitrogen and oxygen atoms in total. The molecular weight excluding hydrogens is 602 g/mol. The molecule has 5 rings (SSSR count). The van der Waals surface area contributed by atoms with E-state index in [9.17, 15) is 27.6 Å². The summed E-state index contributed by atoms with van der Waals surface area (Å²) >= 11 is 0. The molecule has 3 aromatic rings. The Balaban J connectivity index is 1.55. The maximum absolute atomic E-state index is 15.4. The number of rotatable bonds is 6. The van der Waals surface area contributed by atoms with Crippen LogP contribution in [0.2, 0.25) is 0 Å². The Kier molecular flexibility index (Phi) is 9.57. The summed E-state index contributed by atoms with van der Waals surface area (Å²) in [7, 11) is 3.77. The first-order chi connectivity index (χ1) is 21.7. The second-order valence-electron chi connectivity index (χ2n) is 12.5. The van der Waals surface area contributed by atoms with Crippen molar-refractivity contribution >= 4 is 23.2 Å². The molecule has 2 amide bonds. The van der Waals surface area contributed by atoms with Crippen molar-refractivity contribution in [3.8, 4) is 11.1 Å². The van der Waals surface area contributed by atoms with E-state index in [2.05, 4.69) is 15.2 Å². The Morgan fingerprint density at radius 3 is 2.30 bits per heavy atom. The fourth-order valence-electron chi connectivity index (χ4n) is 6.48. The van der Waals surface area contributed by atoms with Gasteiger partial charge in [-0.05, 0) is 69.6 Å². The molecule has 2 aliphatic rings. The van der Waals surface area contributed by atoms with Crippen LogP contribution in [0.3, 0.4) is 0 Å². The molecule has 12 heteroatoms. The van der Waals surface area contributed by atoms with Crippen LogP contribution in [0.25, 0.3) is 11.1 Å². The average molecular weight is 642 g/mol. The number of amides is 2. The van der Waals surface area contributed by atoms with Gasteiger partial charge < -0.3 is 20.1 Å². The van der Waals surface area contributed by atoms with Crippen LogP contribution in [0, 0.1) is 5.82 Å². The number of H-pyrrole nitrogens is 1. The number of pyridine rings is 1. The molecule has 0 spiro atoms. The standard InChI is InChI=1S/C34H39F4N5O3/c1-20-18-43(19-21(2)41(20)3)30-13-11-22(15-29(30)40-32(45)26-17-39-31(44)16-27(26)34(36,37)38)25-14-23(10-12-28(25)35)33(46)42(4)24-8-6-5-7-9-24/h10-17,20-21,24H,5-9,18-19H2,1-4H3,(H,39,44)(H,40,45)/t20-,21+. The van der Waals surface area contributed by atoms with Crippen molar-refractivity contribution in [1.82, 2.24) is 14.8 Å². The maximum Gasteiger partial charge on any atom is 0.417 e. The van der Waals surface area contributed by atoms with E-state index in [0.717, 1.165) is 38.3 Å². The number of alkyl halides is 3. The summed E-state index contributed by atoms with van der Waals surface area (Å²) < 4.78 is 56.8. The lowest BCUT2D eigenvalue weighted by Crippen LogP contribution is -2.55. The number of hydrogen-bond acceptors (Lipinski definition) is 5. The van der Waals surface area contributed by atoms with Gasteiger partial charge in [0.1, 0.15) is 5.82 Å².